The molecule has 1 aromatic heterocycles. The van der Waals surface area contributed by atoms with E-state index in [2.05, 4.69) is 29.6 Å². The molecule has 5 heteroatoms. The highest BCUT2D eigenvalue weighted by atomic mass is 16.1. The smallest absolute Gasteiger partial charge is 0.226 e. The van der Waals surface area contributed by atoms with Crippen LogP contribution in [0.4, 0.5) is 5.82 Å². The average molecular weight is 238 g/mol. The van der Waals surface area contributed by atoms with E-state index in [4.69, 9.17) is 0 Å². The number of carbonyl (C=O) groups excluding carboxylic acids is 1. The summed E-state index contributed by atoms with van der Waals surface area (Å²) in [5.74, 6) is 0.773. The highest BCUT2D eigenvalue weighted by molar-refractivity contribution is 5.89. The molecule has 1 rings (SSSR count). The summed E-state index contributed by atoms with van der Waals surface area (Å²) in [6.45, 7) is 8.88. The van der Waals surface area contributed by atoms with E-state index in [9.17, 15) is 4.79 Å². The zero-order chi connectivity index (χ0) is 12.8. The van der Waals surface area contributed by atoms with Gasteiger partial charge in [0.15, 0.2) is 0 Å². The van der Waals surface area contributed by atoms with Gasteiger partial charge in [0.1, 0.15) is 5.82 Å². The van der Waals surface area contributed by atoms with Crippen LogP contribution in [0.15, 0.2) is 12.3 Å². The largest absolute Gasteiger partial charge is 0.314 e. The van der Waals surface area contributed by atoms with Crippen molar-refractivity contribution in [3.8, 4) is 0 Å². The lowest BCUT2D eigenvalue weighted by molar-refractivity contribution is -0.116. The normalized spacial score (nSPS) is 11.2. The summed E-state index contributed by atoms with van der Waals surface area (Å²) >= 11 is 0. The van der Waals surface area contributed by atoms with E-state index in [-0.39, 0.29) is 11.9 Å². The van der Waals surface area contributed by atoms with Crippen LogP contribution in [-0.2, 0) is 4.79 Å². The van der Waals surface area contributed by atoms with Crippen LogP contribution in [0.2, 0.25) is 0 Å². The minimum atomic E-state index is 0.0144. The van der Waals surface area contributed by atoms with Gasteiger partial charge in [0.25, 0.3) is 0 Å². The minimum absolute atomic E-state index is 0.0144. The molecule has 0 saturated carbocycles. The molecule has 0 atom stereocenters. The second kappa shape index (κ2) is 6.39. The van der Waals surface area contributed by atoms with Gasteiger partial charge < -0.3 is 10.6 Å². The summed E-state index contributed by atoms with van der Waals surface area (Å²) in [6, 6.07) is 2.46. The molecule has 0 saturated heterocycles. The van der Waals surface area contributed by atoms with Crippen molar-refractivity contribution in [1.82, 2.24) is 15.1 Å². The zero-order valence-corrected chi connectivity index (χ0v) is 11.0. The van der Waals surface area contributed by atoms with Crippen molar-refractivity contribution >= 4 is 11.7 Å². The third-order valence-electron chi connectivity index (χ3n) is 2.33. The van der Waals surface area contributed by atoms with E-state index in [1.807, 2.05) is 19.9 Å². The number of nitrogens with zero attached hydrogens (tertiary/aromatic N) is 2. The van der Waals surface area contributed by atoms with Gasteiger partial charge in [0.05, 0.1) is 6.20 Å². The molecule has 0 radical (unpaired) electrons. The van der Waals surface area contributed by atoms with Crippen molar-refractivity contribution in [2.45, 2.75) is 46.2 Å². The van der Waals surface area contributed by atoms with Crippen molar-refractivity contribution in [2.24, 2.45) is 0 Å². The maximum absolute atomic E-state index is 11.7. The Morgan fingerprint density at radius 2 is 2.12 bits per heavy atom. The van der Waals surface area contributed by atoms with E-state index < -0.39 is 0 Å². The molecule has 0 aromatic carbocycles. The monoisotopic (exact) mass is 238 g/mol. The Bertz CT molecular complexity index is 357. The molecule has 0 bridgehead atoms. The lowest BCUT2D eigenvalue weighted by Gasteiger charge is -2.12. The SMILES string of the molecule is CC(C)NCCC(=O)Nc1ccnn1C(C)C. The summed E-state index contributed by atoms with van der Waals surface area (Å²) in [6.07, 6.45) is 2.17. The van der Waals surface area contributed by atoms with Crippen molar-refractivity contribution in [1.29, 1.82) is 0 Å². The van der Waals surface area contributed by atoms with Crippen LogP contribution in [0.25, 0.3) is 0 Å². The summed E-state index contributed by atoms with van der Waals surface area (Å²) in [7, 11) is 0. The first-order valence-corrected chi connectivity index (χ1v) is 6.07. The number of amides is 1. The summed E-state index contributed by atoms with van der Waals surface area (Å²) in [5, 5.41) is 10.2. The van der Waals surface area contributed by atoms with Crippen LogP contribution >= 0.6 is 0 Å². The van der Waals surface area contributed by atoms with Gasteiger partial charge >= 0.3 is 0 Å². The highest BCUT2D eigenvalue weighted by Crippen LogP contribution is 2.12. The third kappa shape index (κ3) is 4.56. The fraction of sp³-hybridized carbons (Fsp3) is 0.667. The third-order valence-corrected chi connectivity index (χ3v) is 2.33. The van der Waals surface area contributed by atoms with Crippen LogP contribution in [0.1, 0.15) is 40.2 Å². The number of hydrogen-bond donors (Lipinski definition) is 2. The van der Waals surface area contributed by atoms with E-state index in [0.717, 1.165) is 5.82 Å². The van der Waals surface area contributed by atoms with Crippen molar-refractivity contribution in [2.75, 3.05) is 11.9 Å². The Hall–Kier alpha value is -1.36. The van der Waals surface area contributed by atoms with Gasteiger partial charge in [-0.25, -0.2) is 4.68 Å². The van der Waals surface area contributed by atoms with Gasteiger partial charge in [-0.1, -0.05) is 13.8 Å². The Kier molecular flexibility index (Phi) is 5.15. The van der Waals surface area contributed by atoms with Gasteiger partial charge in [0.2, 0.25) is 5.91 Å². The fourth-order valence-electron chi connectivity index (χ4n) is 1.50. The Morgan fingerprint density at radius 3 is 2.71 bits per heavy atom. The maximum atomic E-state index is 11.7. The number of carbonyl (C=O) groups is 1. The van der Waals surface area contributed by atoms with Crippen LogP contribution in [0.5, 0.6) is 0 Å². The molecule has 0 aliphatic heterocycles. The van der Waals surface area contributed by atoms with Crippen LogP contribution in [0.3, 0.4) is 0 Å². The number of rotatable bonds is 6. The molecule has 2 N–H and O–H groups in total. The Morgan fingerprint density at radius 1 is 1.41 bits per heavy atom. The van der Waals surface area contributed by atoms with E-state index in [0.29, 0.717) is 19.0 Å². The molecule has 1 amide bonds. The van der Waals surface area contributed by atoms with Gasteiger partial charge in [-0.15, -0.1) is 0 Å². The zero-order valence-electron chi connectivity index (χ0n) is 11.0. The van der Waals surface area contributed by atoms with Gasteiger partial charge in [-0.05, 0) is 13.8 Å². The Labute approximate surface area is 103 Å². The second-order valence-electron chi connectivity index (χ2n) is 4.66. The van der Waals surface area contributed by atoms with Crippen LogP contribution in [-0.4, -0.2) is 28.3 Å². The topological polar surface area (TPSA) is 59.0 Å². The number of aromatic nitrogens is 2. The molecular formula is C12H22N4O. The molecular weight excluding hydrogens is 216 g/mol. The Balaban J connectivity index is 2.42. The lowest BCUT2D eigenvalue weighted by atomic mass is 10.3. The predicted octanol–water partition coefficient (Wildman–Crippen LogP) is 1.79. The van der Waals surface area contributed by atoms with Crippen molar-refractivity contribution in [3.05, 3.63) is 12.3 Å². The molecule has 0 unspecified atom stereocenters. The summed E-state index contributed by atoms with van der Waals surface area (Å²) in [4.78, 5) is 11.7. The van der Waals surface area contributed by atoms with Gasteiger partial charge in [-0.3, -0.25) is 4.79 Å². The minimum Gasteiger partial charge on any atom is -0.314 e. The molecule has 0 aliphatic rings. The predicted molar refractivity (Wildman–Crippen MR) is 69.0 cm³/mol. The fourth-order valence-corrected chi connectivity index (χ4v) is 1.50. The maximum Gasteiger partial charge on any atom is 0.226 e. The van der Waals surface area contributed by atoms with E-state index in [1.165, 1.54) is 0 Å². The molecule has 1 heterocycles. The standard InChI is InChI=1S/C12H22N4O/c1-9(2)13-7-6-12(17)15-11-5-8-14-16(11)10(3)4/h5,8-10,13H,6-7H2,1-4H3,(H,15,17). The van der Waals surface area contributed by atoms with Crippen LogP contribution < -0.4 is 10.6 Å². The van der Waals surface area contributed by atoms with E-state index >= 15 is 0 Å². The number of nitrogens with one attached hydrogen (secondary N) is 2. The molecule has 96 valence electrons. The second-order valence-corrected chi connectivity index (χ2v) is 4.66. The first-order chi connectivity index (χ1) is 8.00. The van der Waals surface area contributed by atoms with Crippen molar-refractivity contribution < 1.29 is 4.79 Å². The van der Waals surface area contributed by atoms with Gasteiger partial charge in [-0.2, -0.15) is 5.10 Å². The molecule has 0 aliphatic carbocycles. The van der Waals surface area contributed by atoms with Crippen LogP contribution in [0, 0.1) is 0 Å². The molecule has 0 fully saturated rings. The first kappa shape index (κ1) is 13.7. The lowest BCUT2D eigenvalue weighted by Crippen LogP contribution is -2.27. The molecule has 1 aromatic rings. The number of hydrogen-bond acceptors (Lipinski definition) is 3. The molecule has 17 heavy (non-hydrogen) atoms. The molecule has 0 spiro atoms. The quantitative estimate of drug-likeness (QED) is 0.794. The van der Waals surface area contributed by atoms with E-state index in [1.54, 1.807) is 10.9 Å². The summed E-state index contributed by atoms with van der Waals surface area (Å²) < 4.78 is 1.80. The van der Waals surface area contributed by atoms with Crippen molar-refractivity contribution in [3.63, 3.8) is 0 Å². The number of anilines is 1. The summed E-state index contributed by atoms with van der Waals surface area (Å²) in [5.41, 5.74) is 0. The first-order valence-electron chi connectivity index (χ1n) is 6.07. The average Bonchev–Trinajstić information content (AvgIpc) is 2.65. The highest BCUT2D eigenvalue weighted by Gasteiger charge is 2.09. The molecule has 5 nitrogen and oxygen atoms in total. The van der Waals surface area contributed by atoms with Gasteiger partial charge in [0, 0.05) is 31.1 Å².